The maximum Gasteiger partial charge on any atom is 0.492 e. The van der Waals surface area contributed by atoms with Crippen LogP contribution in [0.2, 0.25) is 0 Å². The minimum Gasteiger partial charge on any atom is -0.423 e. The molecule has 1 aromatic rings. The first-order chi connectivity index (χ1) is 5.25. The Morgan fingerprint density at radius 3 is 2.73 bits per heavy atom. The summed E-state index contributed by atoms with van der Waals surface area (Å²) in [6, 6.07) is 3.11. The fourth-order valence-electron chi connectivity index (χ4n) is 0.747. The molecule has 0 atom stereocenters. The van der Waals surface area contributed by atoms with E-state index in [1.54, 1.807) is 6.07 Å². The van der Waals surface area contributed by atoms with Gasteiger partial charge in [-0.2, -0.15) is 0 Å². The lowest BCUT2D eigenvalue weighted by molar-refractivity contribution is 0.426. The van der Waals surface area contributed by atoms with E-state index in [-0.39, 0.29) is 11.3 Å². The molecule has 0 aliphatic rings. The zero-order valence-electron chi connectivity index (χ0n) is 5.73. The number of nitrogens with two attached hydrogens (primary N) is 1. The summed E-state index contributed by atoms with van der Waals surface area (Å²) in [6.07, 6.45) is 1.50. The molecular weight excluding hydrogens is 145 g/mol. The van der Waals surface area contributed by atoms with Gasteiger partial charge < -0.3 is 15.5 Å². The second-order valence-corrected chi connectivity index (χ2v) is 1.96. The minimum absolute atomic E-state index is 0.259. The summed E-state index contributed by atoms with van der Waals surface area (Å²) in [5.41, 5.74) is 2.51. The molecular formula is C5H8BN3O2. The van der Waals surface area contributed by atoms with Gasteiger partial charge in [-0.25, -0.2) is 10.8 Å². The monoisotopic (exact) mass is 153 g/mol. The number of rotatable bonds is 2. The molecule has 0 amide bonds. The Labute approximate surface area is 64.0 Å². The Bertz CT molecular complexity index is 243. The van der Waals surface area contributed by atoms with Gasteiger partial charge in [-0.15, -0.1) is 0 Å². The Hall–Kier alpha value is -1.11. The van der Waals surface area contributed by atoms with Crippen LogP contribution >= 0.6 is 0 Å². The molecule has 0 unspecified atom stereocenters. The zero-order chi connectivity index (χ0) is 8.27. The van der Waals surface area contributed by atoms with Crippen LogP contribution in [0, 0.1) is 0 Å². The predicted molar refractivity (Wildman–Crippen MR) is 41.9 cm³/mol. The maximum atomic E-state index is 8.76. The molecule has 0 aromatic carbocycles. The third-order valence-corrected chi connectivity index (χ3v) is 1.25. The van der Waals surface area contributed by atoms with Crippen LogP contribution in [0.15, 0.2) is 18.3 Å². The minimum atomic E-state index is -1.55. The first-order valence-corrected chi connectivity index (χ1v) is 3.03. The molecule has 11 heavy (non-hydrogen) atoms. The molecule has 1 heterocycles. The first-order valence-electron chi connectivity index (χ1n) is 3.03. The van der Waals surface area contributed by atoms with Crippen molar-refractivity contribution in [1.29, 1.82) is 0 Å². The fourth-order valence-corrected chi connectivity index (χ4v) is 0.747. The van der Waals surface area contributed by atoms with Crippen LogP contribution < -0.4 is 16.7 Å². The van der Waals surface area contributed by atoms with Gasteiger partial charge in [0.1, 0.15) is 5.82 Å². The van der Waals surface area contributed by atoms with Gasteiger partial charge in [0.2, 0.25) is 0 Å². The Kier molecular flexibility index (Phi) is 2.42. The van der Waals surface area contributed by atoms with Crippen molar-refractivity contribution in [2.24, 2.45) is 5.84 Å². The smallest absolute Gasteiger partial charge is 0.423 e. The van der Waals surface area contributed by atoms with Crippen molar-refractivity contribution in [2.45, 2.75) is 0 Å². The normalized spacial score (nSPS) is 9.36. The van der Waals surface area contributed by atoms with Gasteiger partial charge in [0.05, 0.1) is 0 Å². The molecule has 0 aliphatic heterocycles. The lowest BCUT2D eigenvalue weighted by atomic mass is 9.81. The molecule has 0 saturated heterocycles. The van der Waals surface area contributed by atoms with E-state index in [9.17, 15) is 0 Å². The van der Waals surface area contributed by atoms with Crippen LogP contribution in [-0.2, 0) is 0 Å². The number of nitrogens with zero attached hydrogens (tertiary/aromatic N) is 1. The number of hydrogen-bond acceptors (Lipinski definition) is 5. The van der Waals surface area contributed by atoms with E-state index in [1.165, 1.54) is 12.3 Å². The highest BCUT2D eigenvalue weighted by molar-refractivity contribution is 6.60. The highest BCUT2D eigenvalue weighted by Gasteiger charge is 2.15. The van der Waals surface area contributed by atoms with Crippen molar-refractivity contribution in [3.63, 3.8) is 0 Å². The van der Waals surface area contributed by atoms with Gasteiger partial charge in [0.15, 0.2) is 0 Å². The third-order valence-electron chi connectivity index (χ3n) is 1.25. The van der Waals surface area contributed by atoms with Gasteiger partial charge in [-0.3, -0.25) is 0 Å². The van der Waals surface area contributed by atoms with E-state index in [2.05, 4.69) is 10.4 Å². The predicted octanol–water partition coefficient (Wildman–Crippen LogP) is -1.95. The maximum absolute atomic E-state index is 8.76. The van der Waals surface area contributed by atoms with Crippen LogP contribution in [0.1, 0.15) is 0 Å². The van der Waals surface area contributed by atoms with Crippen LogP contribution in [0.4, 0.5) is 5.82 Å². The Balaban J connectivity index is 3.02. The highest BCUT2D eigenvalue weighted by Crippen LogP contribution is 1.94. The molecule has 0 fully saturated rings. The third kappa shape index (κ3) is 1.67. The summed E-state index contributed by atoms with van der Waals surface area (Å²) < 4.78 is 0. The topological polar surface area (TPSA) is 91.4 Å². The lowest BCUT2D eigenvalue weighted by Crippen LogP contribution is -2.34. The van der Waals surface area contributed by atoms with Crippen molar-refractivity contribution >= 4 is 18.4 Å². The van der Waals surface area contributed by atoms with Crippen LogP contribution in [-0.4, -0.2) is 22.2 Å². The number of aromatic nitrogens is 1. The fraction of sp³-hybridized carbons (Fsp3) is 0. The van der Waals surface area contributed by atoms with Gasteiger partial charge >= 0.3 is 7.12 Å². The average Bonchev–Trinajstić information content (AvgIpc) is 2.04. The molecule has 1 aromatic heterocycles. The van der Waals surface area contributed by atoms with E-state index in [4.69, 9.17) is 15.9 Å². The van der Waals surface area contributed by atoms with Crippen molar-refractivity contribution in [2.75, 3.05) is 5.43 Å². The second-order valence-electron chi connectivity index (χ2n) is 1.96. The highest BCUT2D eigenvalue weighted by atomic mass is 16.4. The summed E-state index contributed by atoms with van der Waals surface area (Å²) in [6.45, 7) is 0. The first kappa shape index (κ1) is 8.00. The zero-order valence-corrected chi connectivity index (χ0v) is 5.73. The van der Waals surface area contributed by atoms with Gasteiger partial charge in [-0.1, -0.05) is 6.07 Å². The van der Waals surface area contributed by atoms with E-state index in [0.717, 1.165) is 0 Å². The SMILES string of the molecule is NNc1ncccc1B(O)O. The number of hydrazine groups is 1. The Morgan fingerprint density at radius 1 is 1.55 bits per heavy atom. The second kappa shape index (κ2) is 3.33. The average molecular weight is 153 g/mol. The molecule has 1 rings (SSSR count). The molecule has 5 nitrogen and oxygen atoms in total. The Morgan fingerprint density at radius 2 is 2.27 bits per heavy atom. The lowest BCUT2D eigenvalue weighted by Gasteiger charge is -2.04. The summed E-state index contributed by atoms with van der Waals surface area (Å²) in [7, 11) is -1.55. The summed E-state index contributed by atoms with van der Waals surface area (Å²) in [4.78, 5) is 3.76. The van der Waals surface area contributed by atoms with E-state index in [1.807, 2.05) is 0 Å². The molecule has 0 aliphatic carbocycles. The van der Waals surface area contributed by atoms with Crippen LogP contribution in [0.5, 0.6) is 0 Å². The van der Waals surface area contributed by atoms with Crippen molar-refractivity contribution < 1.29 is 10.0 Å². The van der Waals surface area contributed by atoms with Crippen molar-refractivity contribution in [3.05, 3.63) is 18.3 Å². The summed E-state index contributed by atoms with van der Waals surface area (Å²) in [5, 5.41) is 17.5. The molecule has 0 saturated carbocycles. The van der Waals surface area contributed by atoms with Crippen LogP contribution in [0.25, 0.3) is 0 Å². The standard InChI is InChI=1S/C5H8BN3O2/c7-9-5-4(6(10)11)2-1-3-8-5/h1-3,10-11H,7H2,(H,8,9). The largest absolute Gasteiger partial charge is 0.492 e. The molecule has 58 valence electrons. The summed E-state index contributed by atoms with van der Waals surface area (Å²) in [5.74, 6) is 5.32. The van der Waals surface area contributed by atoms with E-state index < -0.39 is 7.12 Å². The quantitative estimate of drug-likeness (QED) is 0.225. The van der Waals surface area contributed by atoms with E-state index in [0.29, 0.717) is 0 Å². The molecule has 0 spiro atoms. The van der Waals surface area contributed by atoms with Crippen LogP contribution in [0.3, 0.4) is 0 Å². The number of pyridine rings is 1. The molecule has 0 bridgehead atoms. The van der Waals surface area contributed by atoms with Gasteiger partial charge in [-0.05, 0) is 6.07 Å². The molecule has 5 N–H and O–H groups in total. The number of hydrogen-bond donors (Lipinski definition) is 4. The van der Waals surface area contributed by atoms with Gasteiger partial charge in [0.25, 0.3) is 0 Å². The van der Waals surface area contributed by atoms with Crippen molar-refractivity contribution in [3.8, 4) is 0 Å². The van der Waals surface area contributed by atoms with E-state index >= 15 is 0 Å². The summed E-state index contributed by atoms with van der Waals surface area (Å²) >= 11 is 0. The molecule has 6 heteroatoms. The number of anilines is 1. The molecule has 0 radical (unpaired) electrons. The van der Waals surface area contributed by atoms with Crippen molar-refractivity contribution in [1.82, 2.24) is 4.98 Å². The van der Waals surface area contributed by atoms with Gasteiger partial charge in [0, 0.05) is 11.7 Å². The number of nitrogens with one attached hydrogen (secondary N) is 1. The number of nitrogen functional groups attached to an aromatic ring is 1.